The minimum absolute atomic E-state index is 0.117. The summed E-state index contributed by atoms with van der Waals surface area (Å²) in [5.74, 6) is -3.56. The van der Waals surface area contributed by atoms with Crippen LogP contribution in [0.5, 0.6) is 0 Å². The van der Waals surface area contributed by atoms with Gasteiger partial charge in [0.05, 0.1) is 13.2 Å². The highest BCUT2D eigenvalue weighted by Crippen LogP contribution is 1.93. The molecule has 11 heteroatoms. The van der Waals surface area contributed by atoms with Gasteiger partial charge in [0, 0.05) is 5.75 Å². The largest absolute Gasteiger partial charge is 0.480 e. The van der Waals surface area contributed by atoms with Crippen LogP contribution < -0.4 is 21.7 Å². The third kappa shape index (κ3) is 6.74. The molecule has 22 heavy (non-hydrogen) atoms. The third-order valence-corrected chi connectivity index (χ3v) is 2.93. The highest BCUT2D eigenvalue weighted by atomic mass is 32.1. The lowest BCUT2D eigenvalue weighted by atomic mass is 10.2. The Hall–Kier alpha value is -1.85. The normalized spacial score (nSPS) is 14.4. The Morgan fingerprint density at radius 3 is 2.09 bits per heavy atom. The summed E-state index contributed by atoms with van der Waals surface area (Å²) < 4.78 is 0. The number of aliphatic carboxylic acids is 1. The number of carboxylic acid groups (broad SMARTS) is 1. The maximum Gasteiger partial charge on any atom is 0.327 e. The van der Waals surface area contributed by atoms with Gasteiger partial charge in [-0.1, -0.05) is 0 Å². The Kier molecular flexibility index (Phi) is 9.13. The molecule has 0 saturated carbocycles. The molecule has 0 fully saturated rings. The molecule has 0 saturated heterocycles. The van der Waals surface area contributed by atoms with Gasteiger partial charge in [0.15, 0.2) is 0 Å². The number of hydrogen-bond acceptors (Lipinski definition) is 7. The first-order valence-electron chi connectivity index (χ1n) is 6.31. The van der Waals surface area contributed by atoms with Gasteiger partial charge in [-0.3, -0.25) is 14.4 Å². The molecule has 7 N–H and O–H groups in total. The lowest BCUT2D eigenvalue weighted by molar-refractivity contribution is -0.141. The van der Waals surface area contributed by atoms with E-state index in [-0.39, 0.29) is 12.3 Å². The van der Waals surface area contributed by atoms with Crippen molar-refractivity contribution in [3.63, 3.8) is 0 Å². The Bertz CT molecular complexity index is 433. The predicted octanol–water partition coefficient (Wildman–Crippen LogP) is -3.57. The van der Waals surface area contributed by atoms with E-state index >= 15 is 0 Å². The van der Waals surface area contributed by atoms with Gasteiger partial charge in [-0.25, -0.2) is 4.79 Å². The van der Waals surface area contributed by atoms with Crippen molar-refractivity contribution in [3.8, 4) is 0 Å². The van der Waals surface area contributed by atoms with Gasteiger partial charge in [0.25, 0.3) is 0 Å². The van der Waals surface area contributed by atoms with Crippen LogP contribution in [-0.2, 0) is 19.2 Å². The van der Waals surface area contributed by atoms with Gasteiger partial charge in [-0.05, 0) is 6.92 Å². The summed E-state index contributed by atoms with van der Waals surface area (Å²) in [4.78, 5) is 45.4. The molecule has 0 aliphatic heterocycles. The summed E-state index contributed by atoms with van der Waals surface area (Å²) in [6, 6.07) is -3.52. The number of carboxylic acids is 1. The van der Waals surface area contributed by atoms with E-state index in [1.807, 2.05) is 0 Å². The summed E-state index contributed by atoms with van der Waals surface area (Å²) in [7, 11) is 0. The summed E-state index contributed by atoms with van der Waals surface area (Å²) >= 11 is 3.79. The molecule has 3 atom stereocenters. The number of aliphatic hydroxyl groups excluding tert-OH is 1. The smallest absolute Gasteiger partial charge is 0.327 e. The number of rotatable bonds is 9. The Morgan fingerprint density at radius 1 is 1.09 bits per heavy atom. The minimum Gasteiger partial charge on any atom is -0.480 e. The molecular formula is C11H20N4O6S. The van der Waals surface area contributed by atoms with E-state index in [1.54, 1.807) is 0 Å². The quantitative estimate of drug-likeness (QED) is 0.213. The average molecular weight is 336 g/mol. The first kappa shape index (κ1) is 20.1. The van der Waals surface area contributed by atoms with Crippen molar-refractivity contribution in [1.82, 2.24) is 16.0 Å². The molecule has 3 amide bonds. The number of carbonyl (C=O) groups is 4. The Balaban J connectivity index is 4.58. The average Bonchev–Trinajstić information content (AvgIpc) is 2.48. The van der Waals surface area contributed by atoms with Crippen molar-refractivity contribution in [2.24, 2.45) is 5.73 Å². The molecule has 0 aliphatic rings. The van der Waals surface area contributed by atoms with E-state index in [1.165, 1.54) is 6.92 Å². The van der Waals surface area contributed by atoms with Gasteiger partial charge in [0.1, 0.15) is 18.1 Å². The maximum atomic E-state index is 11.8. The molecule has 0 heterocycles. The van der Waals surface area contributed by atoms with Crippen LogP contribution >= 0.6 is 12.6 Å². The number of aliphatic hydroxyl groups is 1. The van der Waals surface area contributed by atoms with Crippen molar-refractivity contribution in [2.45, 2.75) is 25.0 Å². The van der Waals surface area contributed by atoms with Gasteiger partial charge in [-0.2, -0.15) is 12.6 Å². The lowest BCUT2D eigenvalue weighted by Gasteiger charge is -2.20. The molecule has 10 nitrogen and oxygen atoms in total. The monoisotopic (exact) mass is 336 g/mol. The number of thiol groups is 1. The van der Waals surface area contributed by atoms with Crippen molar-refractivity contribution in [3.05, 3.63) is 0 Å². The summed E-state index contributed by atoms with van der Waals surface area (Å²) in [6.45, 7) is 0.284. The Labute approximate surface area is 132 Å². The van der Waals surface area contributed by atoms with Crippen LogP contribution in [0.4, 0.5) is 0 Å². The van der Waals surface area contributed by atoms with Crippen LogP contribution in [0, 0.1) is 0 Å². The van der Waals surface area contributed by atoms with Crippen LogP contribution in [-0.4, -0.2) is 70.9 Å². The zero-order valence-corrected chi connectivity index (χ0v) is 12.8. The first-order chi connectivity index (χ1) is 10.3. The molecule has 0 spiro atoms. The topological polar surface area (TPSA) is 171 Å². The van der Waals surface area contributed by atoms with E-state index < -0.39 is 48.4 Å². The Morgan fingerprint density at radius 2 is 1.68 bits per heavy atom. The zero-order chi connectivity index (χ0) is 17.3. The molecule has 0 bridgehead atoms. The fourth-order valence-corrected chi connectivity index (χ4v) is 1.56. The van der Waals surface area contributed by atoms with Gasteiger partial charge in [-0.15, -0.1) is 0 Å². The lowest BCUT2D eigenvalue weighted by Crippen LogP contribution is -2.56. The maximum absolute atomic E-state index is 11.8. The number of amides is 3. The standard InChI is InChI=1S/C11H20N4O6S/c1-5(9(18)15-7(4-22)11(20)21)13-10(19)6(3-16)14-8(17)2-12/h5-7,16,22H,2-4,12H2,1H3,(H,13,19)(H,14,17)(H,15,18)(H,20,21). The van der Waals surface area contributed by atoms with Crippen molar-refractivity contribution in [1.29, 1.82) is 0 Å². The molecule has 0 aromatic heterocycles. The third-order valence-electron chi connectivity index (χ3n) is 2.57. The van der Waals surface area contributed by atoms with Gasteiger partial charge in [0.2, 0.25) is 17.7 Å². The van der Waals surface area contributed by atoms with Crippen molar-refractivity contribution < 1.29 is 29.4 Å². The van der Waals surface area contributed by atoms with E-state index in [0.717, 1.165) is 0 Å². The minimum atomic E-state index is -1.26. The van der Waals surface area contributed by atoms with Crippen LogP contribution in [0.2, 0.25) is 0 Å². The second-order valence-corrected chi connectivity index (χ2v) is 4.68. The van der Waals surface area contributed by atoms with Crippen LogP contribution in [0.25, 0.3) is 0 Å². The summed E-state index contributed by atoms with van der Waals surface area (Å²) in [5.41, 5.74) is 5.07. The molecule has 0 radical (unpaired) electrons. The van der Waals surface area contributed by atoms with Gasteiger partial charge < -0.3 is 31.9 Å². The number of carbonyl (C=O) groups excluding carboxylic acids is 3. The fourth-order valence-electron chi connectivity index (χ4n) is 1.31. The van der Waals surface area contributed by atoms with E-state index in [9.17, 15) is 19.2 Å². The summed E-state index contributed by atoms with van der Waals surface area (Å²) in [5, 5.41) is 24.4. The predicted molar refractivity (Wildman–Crippen MR) is 79.1 cm³/mol. The van der Waals surface area contributed by atoms with E-state index in [0.29, 0.717) is 0 Å². The number of nitrogens with two attached hydrogens (primary N) is 1. The molecular weight excluding hydrogens is 316 g/mol. The molecule has 126 valence electrons. The molecule has 0 aromatic carbocycles. The van der Waals surface area contributed by atoms with Crippen molar-refractivity contribution >= 4 is 36.3 Å². The fraction of sp³-hybridized carbons (Fsp3) is 0.636. The zero-order valence-electron chi connectivity index (χ0n) is 11.9. The first-order valence-corrected chi connectivity index (χ1v) is 6.94. The highest BCUT2D eigenvalue weighted by molar-refractivity contribution is 7.80. The van der Waals surface area contributed by atoms with Crippen LogP contribution in [0.1, 0.15) is 6.92 Å². The molecule has 3 unspecified atom stereocenters. The molecule has 0 rings (SSSR count). The molecule has 0 aromatic rings. The van der Waals surface area contributed by atoms with Crippen LogP contribution in [0.3, 0.4) is 0 Å². The van der Waals surface area contributed by atoms with Crippen LogP contribution in [0.15, 0.2) is 0 Å². The second-order valence-electron chi connectivity index (χ2n) is 4.32. The SMILES string of the molecule is CC(NC(=O)C(CO)NC(=O)CN)C(=O)NC(CS)C(=O)O. The van der Waals surface area contributed by atoms with E-state index in [4.69, 9.17) is 15.9 Å². The number of nitrogens with one attached hydrogen (secondary N) is 3. The number of hydrogen-bond donors (Lipinski definition) is 7. The molecule has 0 aliphatic carbocycles. The van der Waals surface area contributed by atoms with E-state index in [2.05, 4.69) is 28.6 Å². The highest BCUT2D eigenvalue weighted by Gasteiger charge is 2.26. The summed E-state index contributed by atoms with van der Waals surface area (Å²) in [6.07, 6.45) is 0. The van der Waals surface area contributed by atoms with Gasteiger partial charge >= 0.3 is 5.97 Å². The second kappa shape index (κ2) is 9.97. The van der Waals surface area contributed by atoms with Crippen molar-refractivity contribution in [2.75, 3.05) is 18.9 Å².